The van der Waals surface area contributed by atoms with E-state index in [0.717, 1.165) is 12.8 Å². The van der Waals surface area contributed by atoms with Crippen molar-refractivity contribution >= 4 is 33.5 Å². The molecule has 1 aromatic rings. The number of anilines is 1. The van der Waals surface area contributed by atoms with Crippen LogP contribution in [0.4, 0.5) is 5.69 Å². The van der Waals surface area contributed by atoms with Gasteiger partial charge in [-0.05, 0) is 47.8 Å². The molecule has 1 rings (SSSR count). The number of esters is 1. The summed E-state index contributed by atoms with van der Waals surface area (Å²) in [5.41, 5.74) is 6.46. The number of carbonyl (C=O) groups is 2. The van der Waals surface area contributed by atoms with E-state index in [4.69, 9.17) is 10.5 Å². The lowest BCUT2D eigenvalue weighted by atomic mass is 10.1. The van der Waals surface area contributed by atoms with Gasteiger partial charge in [0.25, 0.3) is 5.91 Å². The summed E-state index contributed by atoms with van der Waals surface area (Å²) in [4.78, 5) is 24.0. The van der Waals surface area contributed by atoms with Gasteiger partial charge in [-0.15, -0.1) is 0 Å². The zero-order valence-electron chi connectivity index (χ0n) is 12.5. The van der Waals surface area contributed by atoms with Gasteiger partial charge in [0.1, 0.15) is 0 Å². The lowest BCUT2D eigenvalue weighted by Crippen LogP contribution is -2.41. The summed E-state index contributed by atoms with van der Waals surface area (Å²) >= 11 is 3.24. The Labute approximate surface area is 133 Å². The summed E-state index contributed by atoms with van der Waals surface area (Å²) in [7, 11) is 0. The molecule has 5 nitrogen and oxygen atoms in total. The molecule has 0 saturated heterocycles. The number of halogens is 1. The molecule has 0 spiro atoms. The quantitative estimate of drug-likeness (QED) is 0.606. The van der Waals surface area contributed by atoms with E-state index in [9.17, 15) is 9.59 Å². The van der Waals surface area contributed by atoms with Crippen molar-refractivity contribution in [1.82, 2.24) is 5.32 Å². The van der Waals surface area contributed by atoms with Crippen molar-refractivity contribution in [2.45, 2.75) is 45.8 Å². The number of benzene rings is 1. The summed E-state index contributed by atoms with van der Waals surface area (Å²) in [5, 5.41) is 2.85. The molecular formula is C15H21BrN2O3. The first-order valence-electron chi connectivity index (χ1n) is 6.96. The standard InChI is InChI=1S/C15H21BrN2O3/c1-4-10(5-2)18-14(19)9(3)21-15(20)11-7-6-8-12(17)13(11)16/h6-10H,4-5,17H2,1-3H3,(H,18,19). The van der Waals surface area contributed by atoms with Crippen molar-refractivity contribution in [3.05, 3.63) is 28.2 Å². The topological polar surface area (TPSA) is 81.4 Å². The van der Waals surface area contributed by atoms with Gasteiger partial charge in [-0.25, -0.2) is 4.79 Å². The number of nitrogens with one attached hydrogen (secondary N) is 1. The fourth-order valence-electron chi connectivity index (χ4n) is 1.80. The number of rotatable bonds is 6. The molecule has 1 atom stereocenters. The molecule has 21 heavy (non-hydrogen) atoms. The van der Waals surface area contributed by atoms with Crippen LogP contribution in [-0.4, -0.2) is 24.0 Å². The lowest BCUT2D eigenvalue weighted by Gasteiger charge is -2.19. The fourth-order valence-corrected chi connectivity index (χ4v) is 2.22. The molecule has 0 heterocycles. The average Bonchev–Trinajstić information content (AvgIpc) is 2.46. The molecule has 0 aliphatic heterocycles. The summed E-state index contributed by atoms with van der Waals surface area (Å²) in [6.07, 6.45) is 0.819. The van der Waals surface area contributed by atoms with Gasteiger partial charge >= 0.3 is 5.97 Å². The summed E-state index contributed by atoms with van der Waals surface area (Å²) in [5.74, 6) is -0.876. The highest BCUT2D eigenvalue weighted by atomic mass is 79.9. The normalized spacial score (nSPS) is 12.0. The Balaban J connectivity index is 2.69. The van der Waals surface area contributed by atoms with Gasteiger partial charge in [0.05, 0.1) is 10.0 Å². The molecule has 0 bridgehead atoms. The van der Waals surface area contributed by atoms with Gasteiger partial charge in [-0.3, -0.25) is 4.79 Å². The van der Waals surface area contributed by atoms with Crippen LogP contribution in [0, 0.1) is 0 Å². The Morgan fingerprint density at radius 2 is 1.95 bits per heavy atom. The van der Waals surface area contributed by atoms with Crippen molar-refractivity contribution in [1.29, 1.82) is 0 Å². The van der Waals surface area contributed by atoms with Crippen molar-refractivity contribution in [2.24, 2.45) is 0 Å². The molecule has 0 fully saturated rings. The molecule has 0 aromatic heterocycles. The summed E-state index contributed by atoms with van der Waals surface area (Å²) in [6.45, 7) is 5.54. The maximum atomic E-state index is 12.1. The van der Waals surface area contributed by atoms with Crippen LogP contribution >= 0.6 is 15.9 Å². The first-order valence-corrected chi connectivity index (χ1v) is 7.75. The highest BCUT2D eigenvalue weighted by Gasteiger charge is 2.22. The van der Waals surface area contributed by atoms with E-state index in [-0.39, 0.29) is 11.9 Å². The summed E-state index contributed by atoms with van der Waals surface area (Å²) in [6, 6.07) is 5.02. The number of nitrogens with two attached hydrogens (primary N) is 1. The molecule has 1 unspecified atom stereocenters. The largest absolute Gasteiger partial charge is 0.449 e. The molecule has 3 N–H and O–H groups in total. The van der Waals surface area contributed by atoms with Gasteiger partial charge in [-0.1, -0.05) is 19.9 Å². The minimum atomic E-state index is -0.855. The van der Waals surface area contributed by atoms with Crippen LogP contribution in [0.3, 0.4) is 0 Å². The van der Waals surface area contributed by atoms with Crippen LogP contribution in [-0.2, 0) is 9.53 Å². The third-order valence-corrected chi connectivity index (χ3v) is 4.12. The number of carbonyl (C=O) groups excluding carboxylic acids is 2. The highest BCUT2D eigenvalue weighted by Crippen LogP contribution is 2.24. The minimum absolute atomic E-state index is 0.0951. The van der Waals surface area contributed by atoms with E-state index in [2.05, 4.69) is 21.2 Å². The first-order chi connectivity index (χ1) is 9.90. The highest BCUT2D eigenvalue weighted by molar-refractivity contribution is 9.10. The van der Waals surface area contributed by atoms with Gasteiger partial charge in [0.2, 0.25) is 0 Å². The van der Waals surface area contributed by atoms with Crippen molar-refractivity contribution < 1.29 is 14.3 Å². The van der Waals surface area contributed by atoms with Gasteiger partial charge in [0, 0.05) is 11.7 Å². The molecule has 0 aliphatic carbocycles. The van der Waals surface area contributed by atoms with Crippen LogP contribution in [0.15, 0.2) is 22.7 Å². The Hall–Kier alpha value is -1.56. The number of hydrogen-bond acceptors (Lipinski definition) is 4. The number of amides is 1. The minimum Gasteiger partial charge on any atom is -0.449 e. The molecule has 6 heteroatoms. The third-order valence-electron chi connectivity index (χ3n) is 3.23. The van der Waals surface area contributed by atoms with Crippen molar-refractivity contribution in [2.75, 3.05) is 5.73 Å². The van der Waals surface area contributed by atoms with Crippen LogP contribution in [0.2, 0.25) is 0 Å². The second kappa shape index (κ2) is 8.02. The molecule has 1 amide bonds. The lowest BCUT2D eigenvalue weighted by molar-refractivity contribution is -0.129. The Kier molecular flexibility index (Phi) is 6.68. The number of hydrogen-bond donors (Lipinski definition) is 2. The molecular weight excluding hydrogens is 336 g/mol. The number of ether oxygens (including phenoxy) is 1. The predicted molar refractivity (Wildman–Crippen MR) is 85.9 cm³/mol. The Bertz CT molecular complexity index is 516. The van der Waals surface area contributed by atoms with Gasteiger partial charge in [-0.2, -0.15) is 0 Å². The second-order valence-electron chi connectivity index (χ2n) is 4.78. The molecule has 1 aromatic carbocycles. The van der Waals surface area contributed by atoms with Crippen LogP contribution in [0.1, 0.15) is 44.0 Å². The molecule has 0 radical (unpaired) electrons. The van der Waals surface area contributed by atoms with Crippen molar-refractivity contribution in [3.8, 4) is 0 Å². The Morgan fingerprint density at radius 3 is 2.52 bits per heavy atom. The first kappa shape index (κ1) is 17.5. The van der Waals surface area contributed by atoms with E-state index >= 15 is 0 Å². The zero-order valence-corrected chi connectivity index (χ0v) is 14.1. The maximum absolute atomic E-state index is 12.1. The smallest absolute Gasteiger partial charge is 0.340 e. The van der Waals surface area contributed by atoms with E-state index in [1.54, 1.807) is 25.1 Å². The summed E-state index contributed by atoms with van der Waals surface area (Å²) < 4.78 is 5.66. The molecule has 0 aliphatic rings. The SMILES string of the molecule is CCC(CC)NC(=O)C(C)OC(=O)c1cccc(N)c1Br. The van der Waals surface area contributed by atoms with E-state index < -0.39 is 12.1 Å². The fraction of sp³-hybridized carbons (Fsp3) is 0.467. The zero-order chi connectivity index (χ0) is 16.0. The average molecular weight is 357 g/mol. The third kappa shape index (κ3) is 4.74. The van der Waals surface area contributed by atoms with Gasteiger partial charge < -0.3 is 15.8 Å². The van der Waals surface area contributed by atoms with Crippen LogP contribution < -0.4 is 11.1 Å². The van der Waals surface area contributed by atoms with Crippen LogP contribution in [0.25, 0.3) is 0 Å². The van der Waals surface area contributed by atoms with E-state index in [1.165, 1.54) is 0 Å². The maximum Gasteiger partial charge on any atom is 0.340 e. The van der Waals surface area contributed by atoms with Gasteiger partial charge in [0.15, 0.2) is 6.10 Å². The monoisotopic (exact) mass is 356 g/mol. The van der Waals surface area contributed by atoms with E-state index in [1.807, 2.05) is 13.8 Å². The molecule has 116 valence electrons. The predicted octanol–water partition coefficient (Wildman–Crippen LogP) is 2.88. The Morgan fingerprint density at radius 1 is 1.33 bits per heavy atom. The molecule has 0 saturated carbocycles. The van der Waals surface area contributed by atoms with Crippen LogP contribution in [0.5, 0.6) is 0 Å². The van der Waals surface area contributed by atoms with Crippen molar-refractivity contribution in [3.63, 3.8) is 0 Å². The second-order valence-corrected chi connectivity index (χ2v) is 5.57. The van der Waals surface area contributed by atoms with E-state index in [0.29, 0.717) is 15.7 Å². The number of nitrogen functional groups attached to an aromatic ring is 1.